The van der Waals surface area contributed by atoms with Gasteiger partial charge < -0.3 is 0 Å². The Balaban J connectivity index is 0.986. The van der Waals surface area contributed by atoms with Crippen molar-refractivity contribution < 1.29 is 0 Å². The monoisotopic (exact) mass is 596 g/mol. The minimum absolute atomic E-state index is 1.00. The topological polar surface area (TPSA) is 25.8 Å². The number of rotatable bonds is 4. The Kier molecular flexibility index (Phi) is 5.90. The van der Waals surface area contributed by atoms with Crippen molar-refractivity contribution in [3.8, 4) is 44.8 Å². The second-order valence-corrected chi connectivity index (χ2v) is 13.1. The Hall–Kier alpha value is -5.16. The van der Waals surface area contributed by atoms with Crippen molar-refractivity contribution in [3.05, 3.63) is 146 Å². The lowest BCUT2D eigenvalue weighted by atomic mass is 10.0. The second-order valence-electron chi connectivity index (χ2n) is 11.0. The maximum Gasteiger partial charge on any atom is 0.0716 e. The van der Waals surface area contributed by atoms with Gasteiger partial charge in [-0.3, -0.25) is 9.97 Å². The minimum atomic E-state index is 1.00. The molecular weight excluding hydrogens is 573 g/mol. The van der Waals surface area contributed by atoms with Crippen LogP contribution in [0.3, 0.4) is 0 Å². The van der Waals surface area contributed by atoms with Gasteiger partial charge in [0.15, 0.2) is 0 Å². The number of hydrogen-bond donors (Lipinski definition) is 0. The summed E-state index contributed by atoms with van der Waals surface area (Å²) in [6.45, 7) is 0. The van der Waals surface area contributed by atoms with Gasteiger partial charge in [0.2, 0.25) is 0 Å². The molecule has 0 unspecified atom stereocenters. The van der Waals surface area contributed by atoms with Crippen LogP contribution >= 0.6 is 22.7 Å². The van der Waals surface area contributed by atoms with Gasteiger partial charge in [-0.2, -0.15) is 0 Å². The predicted molar refractivity (Wildman–Crippen MR) is 190 cm³/mol. The quantitative estimate of drug-likeness (QED) is 0.202. The molecule has 0 radical (unpaired) electrons. The number of fused-ring (bicyclic) bond motifs is 6. The van der Waals surface area contributed by atoms with E-state index in [0.29, 0.717) is 0 Å². The fourth-order valence-corrected chi connectivity index (χ4v) is 8.65. The number of pyridine rings is 2. The first-order chi connectivity index (χ1) is 21.8. The van der Waals surface area contributed by atoms with Gasteiger partial charge in [-0.1, -0.05) is 109 Å². The van der Waals surface area contributed by atoms with Gasteiger partial charge in [-0.15, -0.1) is 22.7 Å². The highest BCUT2D eigenvalue weighted by Gasteiger charge is 2.13. The van der Waals surface area contributed by atoms with E-state index in [4.69, 9.17) is 9.97 Å². The summed E-state index contributed by atoms with van der Waals surface area (Å²) in [4.78, 5) is 9.80. The third-order valence-corrected chi connectivity index (χ3v) is 10.9. The first kappa shape index (κ1) is 25.3. The molecule has 0 amide bonds. The fraction of sp³-hybridized carbons (Fsp3) is 0. The highest BCUT2D eigenvalue weighted by Crippen LogP contribution is 2.41. The van der Waals surface area contributed by atoms with Crippen LogP contribution in [-0.4, -0.2) is 9.97 Å². The third-order valence-electron chi connectivity index (χ3n) is 8.44. The molecule has 5 aromatic carbocycles. The van der Waals surface area contributed by atoms with Crippen molar-refractivity contribution in [1.82, 2.24) is 9.97 Å². The number of nitrogens with zero attached hydrogens (tertiary/aromatic N) is 2. The van der Waals surface area contributed by atoms with Crippen molar-refractivity contribution in [1.29, 1.82) is 0 Å². The fourth-order valence-electron chi connectivity index (χ4n) is 6.20. The molecule has 0 aliphatic heterocycles. The summed E-state index contributed by atoms with van der Waals surface area (Å²) in [6, 6.07) is 47.6. The van der Waals surface area contributed by atoms with Crippen molar-refractivity contribution in [2.75, 3.05) is 0 Å². The zero-order chi connectivity index (χ0) is 29.0. The molecule has 2 nitrogen and oxygen atoms in total. The molecular formula is C40H24N2S2. The van der Waals surface area contributed by atoms with Crippen LogP contribution in [0.5, 0.6) is 0 Å². The summed E-state index contributed by atoms with van der Waals surface area (Å²) in [7, 11) is 0. The molecule has 9 rings (SSSR count). The SMILES string of the molecule is c1ccc2c(c1)sc1c(-c3ccc(-c4ccc(-c5ccc(-c6cccc7c6sc6ccccc67)nc5)cc4)cn3)cccc12. The van der Waals surface area contributed by atoms with E-state index in [1.54, 1.807) is 0 Å². The average Bonchev–Trinajstić information content (AvgIpc) is 3.67. The molecule has 4 aromatic heterocycles. The molecule has 0 saturated carbocycles. The van der Waals surface area contributed by atoms with E-state index < -0.39 is 0 Å². The van der Waals surface area contributed by atoms with E-state index in [9.17, 15) is 0 Å². The molecule has 4 heterocycles. The van der Waals surface area contributed by atoms with Crippen LogP contribution in [0.1, 0.15) is 0 Å². The molecule has 0 bridgehead atoms. The van der Waals surface area contributed by atoms with Crippen LogP contribution in [0, 0.1) is 0 Å². The Bertz CT molecular complexity index is 2290. The Labute approximate surface area is 262 Å². The highest BCUT2D eigenvalue weighted by molar-refractivity contribution is 7.26. The van der Waals surface area contributed by atoms with E-state index in [1.165, 1.54) is 51.5 Å². The lowest BCUT2D eigenvalue weighted by Gasteiger charge is -2.08. The Morgan fingerprint density at radius 2 is 0.750 bits per heavy atom. The number of hydrogen-bond acceptors (Lipinski definition) is 4. The summed E-state index contributed by atoms with van der Waals surface area (Å²) in [5.74, 6) is 0. The molecule has 9 aromatic rings. The number of aromatic nitrogens is 2. The number of benzene rings is 5. The maximum atomic E-state index is 4.90. The van der Waals surface area contributed by atoms with E-state index in [2.05, 4.69) is 133 Å². The first-order valence-corrected chi connectivity index (χ1v) is 16.3. The average molecular weight is 597 g/mol. The van der Waals surface area contributed by atoms with Gasteiger partial charge >= 0.3 is 0 Å². The molecule has 0 spiro atoms. The zero-order valence-electron chi connectivity index (χ0n) is 23.6. The van der Waals surface area contributed by atoms with Crippen LogP contribution in [0.15, 0.2) is 146 Å². The number of thiophene rings is 2. The van der Waals surface area contributed by atoms with Crippen LogP contribution in [0.4, 0.5) is 0 Å². The van der Waals surface area contributed by atoms with Crippen LogP contribution < -0.4 is 0 Å². The van der Waals surface area contributed by atoms with Crippen LogP contribution in [0.2, 0.25) is 0 Å². The molecule has 4 heteroatoms. The van der Waals surface area contributed by atoms with Gasteiger partial charge in [-0.25, -0.2) is 0 Å². The molecule has 0 aliphatic carbocycles. The van der Waals surface area contributed by atoms with Crippen molar-refractivity contribution >= 4 is 63.0 Å². The van der Waals surface area contributed by atoms with E-state index in [1.807, 2.05) is 35.1 Å². The summed E-state index contributed by atoms with van der Waals surface area (Å²) < 4.78 is 5.20. The maximum absolute atomic E-state index is 4.90. The first-order valence-electron chi connectivity index (χ1n) is 14.6. The standard InChI is InChI=1S/C40H24N2S2/c1-3-13-37-29(7-1)31-9-5-11-33(39(31)43-37)35-21-19-27(23-41-35)25-15-17-26(18-16-25)28-20-22-36(42-24-28)34-12-6-10-32-30-8-2-4-14-38(30)44-40(32)34/h1-24H. The summed E-state index contributed by atoms with van der Waals surface area (Å²) in [6.07, 6.45) is 3.98. The van der Waals surface area contributed by atoms with Crippen LogP contribution in [-0.2, 0) is 0 Å². The molecule has 0 atom stereocenters. The molecule has 0 aliphatic rings. The van der Waals surface area contributed by atoms with Crippen LogP contribution in [0.25, 0.3) is 85.1 Å². The lowest BCUT2D eigenvalue weighted by molar-refractivity contribution is 1.33. The van der Waals surface area contributed by atoms with E-state index >= 15 is 0 Å². The second kappa shape index (κ2) is 10.2. The van der Waals surface area contributed by atoms with Crippen molar-refractivity contribution in [3.63, 3.8) is 0 Å². The summed E-state index contributed by atoms with van der Waals surface area (Å²) in [5.41, 5.74) is 8.88. The van der Waals surface area contributed by atoms with Gasteiger partial charge in [0, 0.05) is 75.0 Å². The molecule has 0 saturated heterocycles. The summed E-state index contributed by atoms with van der Waals surface area (Å²) >= 11 is 3.68. The van der Waals surface area contributed by atoms with Crippen molar-refractivity contribution in [2.24, 2.45) is 0 Å². The molecule has 0 N–H and O–H groups in total. The largest absolute Gasteiger partial charge is 0.256 e. The Morgan fingerprint density at radius 3 is 1.18 bits per heavy atom. The van der Waals surface area contributed by atoms with E-state index in [0.717, 1.165) is 33.6 Å². The Morgan fingerprint density at radius 1 is 0.341 bits per heavy atom. The summed E-state index contributed by atoms with van der Waals surface area (Å²) in [5, 5.41) is 5.21. The molecule has 206 valence electrons. The van der Waals surface area contributed by atoms with Gasteiger partial charge in [0.05, 0.1) is 11.4 Å². The smallest absolute Gasteiger partial charge is 0.0716 e. The third kappa shape index (κ3) is 4.15. The van der Waals surface area contributed by atoms with Gasteiger partial charge in [0.25, 0.3) is 0 Å². The normalized spacial score (nSPS) is 11.6. The van der Waals surface area contributed by atoms with E-state index in [-0.39, 0.29) is 0 Å². The predicted octanol–water partition coefficient (Wildman–Crippen LogP) is 11.9. The van der Waals surface area contributed by atoms with Gasteiger partial charge in [0.1, 0.15) is 0 Å². The zero-order valence-corrected chi connectivity index (χ0v) is 25.2. The molecule has 0 fully saturated rings. The molecule has 44 heavy (non-hydrogen) atoms. The lowest BCUT2D eigenvalue weighted by Crippen LogP contribution is -1.87. The van der Waals surface area contributed by atoms with Gasteiger partial charge in [-0.05, 0) is 35.4 Å². The minimum Gasteiger partial charge on any atom is -0.256 e. The van der Waals surface area contributed by atoms with Crippen molar-refractivity contribution in [2.45, 2.75) is 0 Å². The highest BCUT2D eigenvalue weighted by atomic mass is 32.1.